The predicted octanol–water partition coefficient (Wildman–Crippen LogP) is 2.76. The molecule has 2 amide bonds. The first-order chi connectivity index (χ1) is 13.5. The summed E-state index contributed by atoms with van der Waals surface area (Å²) in [5.74, 6) is 0.0437. The number of nitrogens with zero attached hydrogens (tertiary/aromatic N) is 4. The van der Waals surface area contributed by atoms with Crippen LogP contribution < -0.4 is 5.32 Å². The molecule has 0 atom stereocenters. The monoisotopic (exact) mass is 393 g/mol. The molecular formula is C19H15N5O3S. The third-order valence-electron chi connectivity index (χ3n) is 4.34. The van der Waals surface area contributed by atoms with Gasteiger partial charge in [0.05, 0.1) is 23.9 Å². The summed E-state index contributed by atoms with van der Waals surface area (Å²) in [7, 11) is 0. The number of carbonyl (C=O) groups is 2. The van der Waals surface area contributed by atoms with E-state index in [1.807, 2.05) is 6.07 Å². The van der Waals surface area contributed by atoms with Gasteiger partial charge in [0.25, 0.3) is 11.8 Å². The molecule has 9 heteroatoms. The number of hydrogen-bond acceptors (Lipinski definition) is 7. The average molecular weight is 393 g/mol. The number of nitrogens with one attached hydrogen (secondary N) is 1. The van der Waals surface area contributed by atoms with E-state index < -0.39 is 0 Å². The number of fused-ring (bicyclic) bond motifs is 1. The molecule has 0 saturated carbocycles. The van der Waals surface area contributed by atoms with Gasteiger partial charge in [-0.25, -0.2) is 4.98 Å². The Labute approximate surface area is 164 Å². The van der Waals surface area contributed by atoms with E-state index in [1.54, 1.807) is 42.2 Å². The number of amides is 2. The lowest BCUT2D eigenvalue weighted by molar-refractivity contribution is 0.0736. The fourth-order valence-corrected chi connectivity index (χ4v) is 3.98. The first kappa shape index (κ1) is 17.9. The van der Waals surface area contributed by atoms with Crippen LogP contribution in [0.15, 0.2) is 34.9 Å². The lowest BCUT2D eigenvalue weighted by Gasteiger charge is -2.26. The van der Waals surface area contributed by atoms with E-state index in [1.165, 1.54) is 11.3 Å². The van der Waals surface area contributed by atoms with Crippen molar-refractivity contribution >= 4 is 28.3 Å². The van der Waals surface area contributed by atoms with Crippen LogP contribution in [-0.4, -0.2) is 33.4 Å². The van der Waals surface area contributed by atoms with Crippen molar-refractivity contribution < 1.29 is 14.1 Å². The van der Waals surface area contributed by atoms with Crippen LogP contribution in [0.4, 0.5) is 5.13 Å². The second-order valence-electron chi connectivity index (χ2n) is 6.34. The van der Waals surface area contributed by atoms with Crippen molar-refractivity contribution in [3.63, 3.8) is 0 Å². The van der Waals surface area contributed by atoms with Gasteiger partial charge in [-0.05, 0) is 25.1 Å². The number of hydrogen-bond donors (Lipinski definition) is 1. The number of carbonyl (C=O) groups excluding carboxylic acids is 2. The van der Waals surface area contributed by atoms with E-state index >= 15 is 0 Å². The molecule has 4 rings (SSSR count). The molecule has 0 spiro atoms. The Balaban J connectivity index is 1.48. The third kappa shape index (κ3) is 3.50. The van der Waals surface area contributed by atoms with E-state index in [0.717, 1.165) is 10.6 Å². The van der Waals surface area contributed by atoms with Crippen molar-refractivity contribution in [1.29, 1.82) is 5.26 Å². The topological polar surface area (TPSA) is 112 Å². The highest BCUT2D eigenvalue weighted by molar-refractivity contribution is 7.15. The van der Waals surface area contributed by atoms with Crippen LogP contribution in [0.25, 0.3) is 0 Å². The Morgan fingerprint density at radius 3 is 2.96 bits per heavy atom. The fraction of sp³-hybridized carbons (Fsp3) is 0.211. The molecule has 2 aromatic heterocycles. The molecule has 1 aliphatic heterocycles. The number of nitriles is 1. The van der Waals surface area contributed by atoms with Crippen molar-refractivity contribution in [1.82, 2.24) is 15.0 Å². The molecular weight excluding hydrogens is 378 g/mol. The highest BCUT2D eigenvalue weighted by atomic mass is 32.1. The minimum atomic E-state index is -0.385. The maximum Gasteiger partial charge on any atom is 0.279 e. The minimum Gasteiger partial charge on any atom is -0.361 e. The molecule has 0 bridgehead atoms. The fourth-order valence-electron chi connectivity index (χ4n) is 2.96. The molecule has 0 saturated heterocycles. The Kier molecular flexibility index (Phi) is 4.63. The summed E-state index contributed by atoms with van der Waals surface area (Å²) in [5.41, 5.74) is 2.02. The molecule has 8 nitrogen and oxygen atoms in total. The van der Waals surface area contributed by atoms with Gasteiger partial charge in [0.15, 0.2) is 10.8 Å². The quantitative estimate of drug-likeness (QED) is 0.732. The van der Waals surface area contributed by atoms with Gasteiger partial charge in [-0.1, -0.05) is 22.6 Å². The number of anilines is 1. The summed E-state index contributed by atoms with van der Waals surface area (Å²) >= 11 is 1.34. The Bertz CT molecular complexity index is 1110. The third-order valence-corrected chi connectivity index (χ3v) is 5.34. The van der Waals surface area contributed by atoms with Gasteiger partial charge in [0, 0.05) is 29.5 Å². The number of aryl methyl sites for hydroxylation is 1. The van der Waals surface area contributed by atoms with Crippen LogP contribution in [0.5, 0.6) is 0 Å². The maximum atomic E-state index is 12.8. The summed E-state index contributed by atoms with van der Waals surface area (Å²) in [5, 5.41) is 15.9. The molecule has 0 fully saturated rings. The summed E-state index contributed by atoms with van der Waals surface area (Å²) < 4.78 is 4.91. The first-order valence-electron chi connectivity index (χ1n) is 8.56. The summed E-state index contributed by atoms with van der Waals surface area (Å²) in [6.45, 7) is 2.66. The zero-order chi connectivity index (χ0) is 19.7. The zero-order valence-electron chi connectivity index (χ0n) is 14.9. The van der Waals surface area contributed by atoms with Crippen LogP contribution in [-0.2, 0) is 13.0 Å². The van der Waals surface area contributed by atoms with Gasteiger partial charge in [0.2, 0.25) is 0 Å². The van der Waals surface area contributed by atoms with Crippen LogP contribution >= 0.6 is 11.3 Å². The van der Waals surface area contributed by atoms with Crippen molar-refractivity contribution in [2.24, 2.45) is 0 Å². The van der Waals surface area contributed by atoms with E-state index in [0.29, 0.717) is 41.5 Å². The second-order valence-corrected chi connectivity index (χ2v) is 7.42. The Morgan fingerprint density at radius 2 is 2.21 bits per heavy atom. The summed E-state index contributed by atoms with van der Waals surface area (Å²) in [6, 6.07) is 10.3. The molecule has 0 radical (unpaired) electrons. The van der Waals surface area contributed by atoms with Crippen molar-refractivity contribution in [3.8, 4) is 6.07 Å². The number of thiazole rings is 1. The van der Waals surface area contributed by atoms with Crippen molar-refractivity contribution in [2.75, 3.05) is 11.9 Å². The predicted molar refractivity (Wildman–Crippen MR) is 101 cm³/mol. The standard InChI is InChI=1S/C19H15N5O3S/c1-11-7-15(23-27-11)17(25)22-19-21-14-5-6-24(10-16(14)28-19)18(26)13-4-2-3-12(8-13)9-20/h2-4,7-8H,5-6,10H2,1H3,(H,21,22,25). The van der Waals surface area contributed by atoms with E-state index in [9.17, 15) is 9.59 Å². The van der Waals surface area contributed by atoms with Crippen LogP contribution in [0, 0.1) is 18.3 Å². The molecule has 0 aliphatic carbocycles. The van der Waals surface area contributed by atoms with E-state index in [-0.39, 0.29) is 17.5 Å². The molecule has 28 heavy (non-hydrogen) atoms. The van der Waals surface area contributed by atoms with Gasteiger partial charge < -0.3 is 9.42 Å². The highest BCUT2D eigenvalue weighted by Crippen LogP contribution is 2.29. The van der Waals surface area contributed by atoms with E-state index in [2.05, 4.69) is 15.5 Å². The molecule has 3 aromatic rings. The van der Waals surface area contributed by atoms with Gasteiger partial charge in [-0.15, -0.1) is 0 Å². The molecule has 140 valence electrons. The molecule has 1 N–H and O–H groups in total. The first-order valence-corrected chi connectivity index (χ1v) is 9.38. The van der Waals surface area contributed by atoms with E-state index in [4.69, 9.17) is 9.78 Å². The van der Waals surface area contributed by atoms with Crippen LogP contribution in [0.2, 0.25) is 0 Å². The Morgan fingerprint density at radius 1 is 1.36 bits per heavy atom. The molecule has 1 aliphatic rings. The van der Waals surface area contributed by atoms with Gasteiger partial charge >= 0.3 is 0 Å². The second kappa shape index (κ2) is 7.25. The molecule has 3 heterocycles. The lowest BCUT2D eigenvalue weighted by Crippen LogP contribution is -2.35. The van der Waals surface area contributed by atoms with Crippen molar-refractivity contribution in [2.45, 2.75) is 19.9 Å². The normalized spacial score (nSPS) is 12.9. The largest absolute Gasteiger partial charge is 0.361 e. The van der Waals surface area contributed by atoms with Crippen LogP contribution in [0.3, 0.4) is 0 Å². The van der Waals surface area contributed by atoms with Gasteiger partial charge in [0.1, 0.15) is 5.76 Å². The Hall–Kier alpha value is -3.51. The molecule has 0 unspecified atom stereocenters. The smallest absolute Gasteiger partial charge is 0.279 e. The van der Waals surface area contributed by atoms with Gasteiger partial charge in [-0.2, -0.15) is 5.26 Å². The number of benzene rings is 1. The van der Waals surface area contributed by atoms with Crippen LogP contribution in [0.1, 0.15) is 42.7 Å². The SMILES string of the molecule is Cc1cc(C(=O)Nc2nc3c(s2)CN(C(=O)c2cccc(C#N)c2)CC3)no1. The number of rotatable bonds is 3. The number of aromatic nitrogens is 2. The van der Waals surface area contributed by atoms with Gasteiger partial charge in [-0.3, -0.25) is 14.9 Å². The lowest BCUT2D eigenvalue weighted by atomic mass is 10.1. The average Bonchev–Trinajstić information content (AvgIpc) is 3.32. The maximum absolute atomic E-state index is 12.8. The zero-order valence-corrected chi connectivity index (χ0v) is 15.7. The highest BCUT2D eigenvalue weighted by Gasteiger charge is 2.26. The molecule has 1 aromatic carbocycles. The summed E-state index contributed by atoms with van der Waals surface area (Å²) in [4.78, 5) is 32.1. The summed E-state index contributed by atoms with van der Waals surface area (Å²) in [6.07, 6.45) is 0.606. The van der Waals surface area contributed by atoms with Crippen molar-refractivity contribution in [3.05, 3.63) is 63.5 Å². The minimum absolute atomic E-state index is 0.125.